The summed E-state index contributed by atoms with van der Waals surface area (Å²) in [5.41, 5.74) is 4.24. The molecule has 2 N–H and O–H groups in total. The fraction of sp³-hybridized carbons (Fsp3) is 0.100. The van der Waals surface area contributed by atoms with E-state index in [2.05, 4.69) is 10.3 Å². The van der Waals surface area contributed by atoms with Crippen LogP contribution in [0.15, 0.2) is 66.9 Å². The van der Waals surface area contributed by atoms with E-state index in [-0.39, 0.29) is 6.61 Å². The van der Waals surface area contributed by atoms with Gasteiger partial charge in [-0.3, -0.25) is 0 Å². The molecule has 0 aliphatic heterocycles. The van der Waals surface area contributed by atoms with E-state index >= 15 is 0 Å². The van der Waals surface area contributed by atoms with Crippen molar-refractivity contribution >= 4 is 17.2 Å². The van der Waals surface area contributed by atoms with E-state index in [1.165, 1.54) is 0 Å². The van der Waals surface area contributed by atoms with E-state index in [4.69, 9.17) is 9.84 Å². The zero-order valence-electron chi connectivity index (χ0n) is 14.3. The third kappa shape index (κ3) is 3.10. The highest BCUT2D eigenvalue weighted by Gasteiger charge is 2.08. The quantitative estimate of drug-likeness (QED) is 0.577. The van der Waals surface area contributed by atoms with Crippen LogP contribution in [0.2, 0.25) is 0 Å². The van der Waals surface area contributed by atoms with Crippen molar-refractivity contribution in [3.05, 3.63) is 72.4 Å². The van der Waals surface area contributed by atoms with Crippen LogP contribution in [0, 0.1) is 0 Å². The average molecular weight is 346 g/mol. The van der Waals surface area contributed by atoms with Crippen LogP contribution in [0.1, 0.15) is 5.56 Å². The number of anilines is 2. The second kappa shape index (κ2) is 6.85. The summed E-state index contributed by atoms with van der Waals surface area (Å²) in [6.45, 7) is 0.00378. The van der Waals surface area contributed by atoms with Crippen LogP contribution in [0.5, 0.6) is 5.75 Å². The number of aliphatic hydroxyl groups is 1. The Morgan fingerprint density at radius 2 is 1.96 bits per heavy atom. The molecule has 26 heavy (non-hydrogen) atoms. The van der Waals surface area contributed by atoms with E-state index < -0.39 is 0 Å². The number of aliphatic hydroxyl groups excluding tert-OH is 1. The Kier molecular flexibility index (Phi) is 4.25. The van der Waals surface area contributed by atoms with Gasteiger partial charge in [-0.2, -0.15) is 9.61 Å². The largest absolute Gasteiger partial charge is 0.497 e. The van der Waals surface area contributed by atoms with Crippen molar-refractivity contribution in [2.24, 2.45) is 0 Å². The number of rotatable bonds is 5. The summed E-state index contributed by atoms with van der Waals surface area (Å²) >= 11 is 0. The maximum absolute atomic E-state index is 9.34. The summed E-state index contributed by atoms with van der Waals surface area (Å²) in [5, 5.41) is 17.4. The minimum atomic E-state index is 0.00378. The number of nitrogens with zero attached hydrogens (tertiary/aromatic N) is 3. The first kappa shape index (κ1) is 16.1. The van der Waals surface area contributed by atoms with Crippen molar-refractivity contribution in [3.8, 4) is 17.0 Å². The van der Waals surface area contributed by atoms with E-state index in [1.807, 2.05) is 60.7 Å². The zero-order valence-corrected chi connectivity index (χ0v) is 14.3. The number of fused-ring (bicyclic) bond motifs is 1. The first-order valence-corrected chi connectivity index (χ1v) is 8.23. The Morgan fingerprint density at radius 1 is 1.08 bits per heavy atom. The molecule has 130 valence electrons. The lowest BCUT2D eigenvalue weighted by molar-refractivity contribution is 0.282. The number of aromatic nitrogens is 3. The topological polar surface area (TPSA) is 71.7 Å². The summed E-state index contributed by atoms with van der Waals surface area (Å²) in [6, 6.07) is 19.2. The van der Waals surface area contributed by atoms with Crippen molar-refractivity contribution in [2.45, 2.75) is 6.61 Å². The van der Waals surface area contributed by atoms with Crippen LogP contribution < -0.4 is 10.1 Å². The van der Waals surface area contributed by atoms with Gasteiger partial charge in [0.05, 0.1) is 25.6 Å². The third-order valence-corrected chi connectivity index (χ3v) is 4.11. The predicted octanol–water partition coefficient (Wildman–Crippen LogP) is 3.64. The first-order chi connectivity index (χ1) is 12.8. The second-order valence-corrected chi connectivity index (χ2v) is 5.85. The molecular formula is C20H18N4O2. The monoisotopic (exact) mass is 346 g/mol. The van der Waals surface area contributed by atoms with Gasteiger partial charge < -0.3 is 15.2 Å². The molecule has 0 unspecified atom stereocenters. The second-order valence-electron chi connectivity index (χ2n) is 5.85. The van der Waals surface area contributed by atoms with Gasteiger partial charge in [0.2, 0.25) is 0 Å². The van der Waals surface area contributed by atoms with Gasteiger partial charge in [-0.25, -0.2) is 4.98 Å². The molecule has 0 atom stereocenters. The minimum absolute atomic E-state index is 0.00378. The standard InChI is InChI=1S/C20H18N4O2/c1-26-17-7-3-6-16(11-17)22-20-12-21-19-9-8-18(23-24(19)20)15-5-2-4-14(10-15)13-25/h2-12,22,25H,13H2,1H3. The zero-order chi connectivity index (χ0) is 17.9. The molecule has 0 saturated heterocycles. The summed E-state index contributed by atoms with van der Waals surface area (Å²) < 4.78 is 7.03. The molecule has 4 rings (SSSR count). The number of benzene rings is 2. The number of nitrogens with one attached hydrogen (secondary N) is 1. The van der Waals surface area contributed by atoms with Gasteiger partial charge in [0.25, 0.3) is 0 Å². The highest BCUT2D eigenvalue weighted by atomic mass is 16.5. The third-order valence-electron chi connectivity index (χ3n) is 4.11. The number of hydrogen-bond donors (Lipinski definition) is 2. The lowest BCUT2D eigenvalue weighted by atomic mass is 10.1. The van der Waals surface area contributed by atoms with Crippen LogP contribution in [-0.2, 0) is 6.61 Å². The van der Waals surface area contributed by atoms with Gasteiger partial charge >= 0.3 is 0 Å². The molecule has 2 aromatic heterocycles. The maximum Gasteiger partial charge on any atom is 0.155 e. The molecule has 0 aliphatic rings. The fourth-order valence-electron chi connectivity index (χ4n) is 2.79. The Hall–Kier alpha value is -3.38. The number of imidazole rings is 1. The fourth-order valence-corrected chi connectivity index (χ4v) is 2.79. The van der Waals surface area contributed by atoms with E-state index in [0.29, 0.717) is 0 Å². The average Bonchev–Trinajstić information content (AvgIpc) is 3.10. The van der Waals surface area contributed by atoms with Crippen molar-refractivity contribution in [1.82, 2.24) is 14.6 Å². The number of ether oxygens (including phenoxy) is 1. The maximum atomic E-state index is 9.34. The van der Waals surface area contributed by atoms with E-state index in [1.54, 1.807) is 17.8 Å². The normalized spacial score (nSPS) is 10.8. The Balaban J connectivity index is 1.72. The number of hydrogen-bond acceptors (Lipinski definition) is 5. The lowest BCUT2D eigenvalue weighted by Crippen LogP contribution is -2.00. The van der Waals surface area contributed by atoms with Gasteiger partial charge in [-0.15, -0.1) is 0 Å². The number of methoxy groups -OCH3 is 1. The molecule has 0 aliphatic carbocycles. The molecule has 0 amide bonds. The summed E-state index contributed by atoms with van der Waals surface area (Å²) in [5.74, 6) is 1.53. The van der Waals surface area contributed by atoms with Crippen molar-refractivity contribution in [1.29, 1.82) is 0 Å². The van der Waals surface area contributed by atoms with Gasteiger partial charge in [-0.05, 0) is 35.9 Å². The molecule has 0 spiro atoms. The van der Waals surface area contributed by atoms with Crippen molar-refractivity contribution < 1.29 is 9.84 Å². The van der Waals surface area contributed by atoms with Crippen LogP contribution in [-0.4, -0.2) is 26.8 Å². The van der Waals surface area contributed by atoms with Crippen molar-refractivity contribution in [2.75, 3.05) is 12.4 Å². The Bertz CT molecular complexity index is 1060. The van der Waals surface area contributed by atoms with Gasteiger partial charge in [-0.1, -0.05) is 24.3 Å². The molecule has 0 fully saturated rings. The molecule has 2 aromatic carbocycles. The predicted molar refractivity (Wildman–Crippen MR) is 101 cm³/mol. The van der Waals surface area contributed by atoms with Gasteiger partial charge in [0, 0.05) is 17.3 Å². The van der Waals surface area contributed by atoms with Crippen LogP contribution in [0.3, 0.4) is 0 Å². The van der Waals surface area contributed by atoms with Crippen LogP contribution in [0.4, 0.5) is 11.5 Å². The molecule has 0 bridgehead atoms. The Labute approximate surface area is 150 Å². The molecule has 0 radical (unpaired) electrons. The van der Waals surface area contributed by atoms with Gasteiger partial charge in [0.1, 0.15) is 5.75 Å². The SMILES string of the molecule is COc1cccc(Nc2cnc3ccc(-c4cccc(CO)c4)nn23)c1. The highest BCUT2D eigenvalue weighted by Crippen LogP contribution is 2.24. The molecule has 4 aromatic rings. The van der Waals surface area contributed by atoms with Gasteiger partial charge in [0.15, 0.2) is 11.5 Å². The Morgan fingerprint density at radius 3 is 2.81 bits per heavy atom. The molecule has 6 heteroatoms. The lowest BCUT2D eigenvalue weighted by Gasteiger charge is -2.08. The first-order valence-electron chi connectivity index (χ1n) is 8.23. The van der Waals surface area contributed by atoms with E-state index in [9.17, 15) is 5.11 Å². The molecule has 6 nitrogen and oxygen atoms in total. The van der Waals surface area contributed by atoms with Crippen LogP contribution >= 0.6 is 0 Å². The molecule has 2 heterocycles. The smallest absolute Gasteiger partial charge is 0.155 e. The van der Waals surface area contributed by atoms with Crippen LogP contribution in [0.25, 0.3) is 16.9 Å². The van der Waals surface area contributed by atoms with Crippen molar-refractivity contribution in [3.63, 3.8) is 0 Å². The van der Waals surface area contributed by atoms with E-state index in [0.717, 1.165) is 39.7 Å². The molecule has 0 saturated carbocycles. The minimum Gasteiger partial charge on any atom is -0.497 e. The molecular weight excluding hydrogens is 328 g/mol. The summed E-state index contributed by atoms with van der Waals surface area (Å²) in [4.78, 5) is 4.39. The summed E-state index contributed by atoms with van der Waals surface area (Å²) in [6.07, 6.45) is 1.75. The summed E-state index contributed by atoms with van der Waals surface area (Å²) in [7, 11) is 1.64. The highest BCUT2D eigenvalue weighted by molar-refractivity contribution is 5.65.